The zero-order valence-electron chi connectivity index (χ0n) is 13.6. The highest BCUT2D eigenvalue weighted by Crippen LogP contribution is 2.57. The van der Waals surface area contributed by atoms with E-state index in [1.807, 2.05) is 43.8 Å². The Kier molecular flexibility index (Phi) is 4.19. The third kappa shape index (κ3) is 2.76. The Bertz CT molecular complexity index is 598. The third-order valence-corrected chi connectivity index (χ3v) is 6.81. The van der Waals surface area contributed by atoms with Crippen LogP contribution in [0.3, 0.4) is 0 Å². The Hall–Kier alpha value is -1.09. The molecular weight excluding hydrogens is 292 g/mol. The first-order valence-corrected chi connectivity index (χ1v) is 9.22. The van der Waals surface area contributed by atoms with Crippen molar-refractivity contribution >= 4 is 23.3 Å². The smallest absolute Gasteiger partial charge is 0.148 e. The van der Waals surface area contributed by atoms with Gasteiger partial charge in [0.05, 0.1) is 0 Å². The molecular formula is C19H24O2S. The molecule has 2 saturated carbocycles. The molecule has 2 aliphatic rings. The van der Waals surface area contributed by atoms with Crippen LogP contribution in [0, 0.1) is 19.8 Å². The first-order valence-electron chi connectivity index (χ1n) is 8.23. The van der Waals surface area contributed by atoms with Crippen LogP contribution in [-0.4, -0.2) is 22.1 Å². The molecule has 2 aliphatic carbocycles. The fourth-order valence-electron chi connectivity index (χ4n) is 3.84. The summed E-state index contributed by atoms with van der Waals surface area (Å²) >= 11 is 1.95. The second kappa shape index (κ2) is 5.84. The van der Waals surface area contributed by atoms with E-state index in [-0.39, 0.29) is 22.2 Å². The Labute approximate surface area is 137 Å². The van der Waals surface area contributed by atoms with Crippen molar-refractivity contribution in [1.29, 1.82) is 0 Å². The maximum Gasteiger partial charge on any atom is 0.148 e. The second-order valence-corrected chi connectivity index (χ2v) is 8.51. The van der Waals surface area contributed by atoms with Crippen LogP contribution < -0.4 is 0 Å². The van der Waals surface area contributed by atoms with E-state index in [1.165, 1.54) is 12.8 Å². The van der Waals surface area contributed by atoms with E-state index >= 15 is 0 Å². The summed E-state index contributed by atoms with van der Waals surface area (Å²) in [5, 5.41) is 0. The van der Waals surface area contributed by atoms with Gasteiger partial charge in [-0.25, -0.2) is 0 Å². The maximum absolute atomic E-state index is 12.7. The SMILES string of the molecule is CCSC1(C2CC(=O)C(c3cc(C)ccc3C)C(=O)C2)CC1. The average molecular weight is 316 g/mol. The summed E-state index contributed by atoms with van der Waals surface area (Å²) < 4.78 is 0.229. The van der Waals surface area contributed by atoms with Crippen molar-refractivity contribution in [2.24, 2.45) is 5.92 Å². The predicted molar refractivity (Wildman–Crippen MR) is 91.5 cm³/mol. The van der Waals surface area contributed by atoms with E-state index in [2.05, 4.69) is 6.92 Å². The molecule has 0 N–H and O–H groups in total. The maximum atomic E-state index is 12.7. The molecule has 0 heterocycles. The fraction of sp³-hybridized carbons (Fsp3) is 0.579. The van der Waals surface area contributed by atoms with Gasteiger partial charge in [0.2, 0.25) is 0 Å². The lowest BCUT2D eigenvalue weighted by Crippen LogP contribution is -2.37. The zero-order chi connectivity index (χ0) is 15.9. The van der Waals surface area contributed by atoms with Crippen molar-refractivity contribution in [1.82, 2.24) is 0 Å². The molecule has 1 aromatic carbocycles. The summed E-state index contributed by atoms with van der Waals surface area (Å²) in [7, 11) is 0. The van der Waals surface area contributed by atoms with Gasteiger partial charge in [0.15, 0.2) is 0 Å². The number of Topliss-reactive ketones (excluding diaryl/α,β-unsaturated/α-hetero) is 2. The number of thioether (sulfide) groups is 1. The van der Waals surface area contributed by atoms with E-state index in [4.69, 9.17) is 0 Å². The summed E-state index contributed by atoms with van der Waals surface area (Å²) in [5.41, 5.74) is 3.10. The summed E-state index contributed by atoms with van der Waals surface area (Å²) in [4.78, 5) is 25.5. The van der Waals surface area contributed by atoms with Gasteiger partial charge < -0.3 is 0 Å². The topological polar surface area (TPSA) is 34.1 Å². The lowest BCUT2D eigenvalue weighted by Gasteiger charge is -2.32. The van der Waals surface area contributed by atoms with Crippen LogP contribution in [0.4, 0.5) is 0 Å². The van der Waals surface area contributed by atoms with Gasteiger partial charge >= 0.3 is 0 Å². The van der Waals surface area contributed by atoms with Crippen LogP contribution >= 0.6 is 11.8 Å². The standard InChI is InChI=1S/C19H24O2S/c1-4-22-19(7-8-19)14-10-16(20)18(17(21)11-14)15-9-12(2)5-6-13(15)3/h5-6,9,14,18H,4,7-8,10-11H2,1-3H3. The largest absolute Gasteiger partial charge is 0.299 e. The monoisotopic (exact) mass is 316 g/mol. The molecule has 2 nitrogen and oxygen atoms in total. The first-order chi connectivity index (χ1) is 10.5. The molecule has 0 radical (unpaired) electrons. The van der Waals surface area contributed by atoms with E-state index in [0.29, 0.717) is 12.8 Å². The molecule has 3 heteroatoms. The van der Waals surface area contributed by atoms with Crippen molar-refractivity contribution < 1.29 is 9.59 Å². The molecule has 1 aromatic rings. The minimum atomic E-state index is -0.515. The number of carbonyl (C=O) groups is 2. The number of ketones is 2. The number of hydrogen-bond donors (Lipinski definition) is 0. The summed E-state index contributed by atoms with van der Waals surface area (Å²) in [5.74, 6) is 1.09. The minimum absolute atomic E-state index is 0.137. The zero-order valence-corrected chi connectivity index (χ0v) is 14.5. The highest BCUT2D eigenvalue weighted by Gasteiger charge is 2.53. The van der Waals surface area contributed by atoms with Crippen molar-refractivity contribution in [3.05, 3.63) is 34.9 Å². The summed E-state index contributed by atoms with van der Waals surface area (Å²) in [6.45, 7) is 6.17. The number of benzene rings is 1. The van der Waals surface area contributed by atoms with E-state index in [1.54, 1.807) is 0 Å². The molecule has 0 bridgehead atoms. The van der Waals surface area contributed by atoms with Crippen LogP contribution in [0.2, 0.25) is 0 Å². The molecule has 0 atom stereocenters. The van der Waals surface area contributed by atoms with E-state index in [0.717, 1.165) is 22.4 Å². The van der Waals surface area contributed by atoms with Crippen molar-refractivity contribution in [2.75, 3.05) is 5.75 Å². The molecule has 3 rings (SSSR count). The van der Waals surface area contributed by atoms with Crippen LogP contribution in [0.5, 0.6) is 0 Å². The minimum Gasteiger partial charge on any atom is -0.299 e. The normalized spacial score (nSPS) is 27.0. The molecule has 0 spiro atoms. The quantitative estimate of drug-likeness (QED) is 0.780. The van der Waals surface area contributed by atoms with Crippen LogP contribution in [0.25, 0.3) is 0 Å². The Balaban J connectivity index is 1.84. The molecule has 0 aliphatic heterocycles. The van der Waals surface area contributed by atoms with E-state index in [9.17, 15) is 9.59 Å². The summed E-state index contributed by atoms with van der Waals surface area (Å²) in [6, 6.07) is 6.08. The second-order valence-electron chi connectivity index (χ2n) is 6.83. The van der Waals surface area contributed by atoms with Gasteiger partial charge in [0.1, 0.15) is 17.5 Å². The number of rotatable bonds is 4. The van der Waals surface area contributed by atoms with Gasteiger partial charge in [0, 0.05) is 17.6 Å². The van der Waals surface area contributed by atoms with Crippen LogP contribution in [0.1, 0.15) is 55.2 Å². The number of aryl methyl sites for hydroxylation is 2. The lowest BCUT2D eigenvalue weighted by molar-refractivity contribution is -0.133. The van der Waals surface area contributed by atoms with E-state index < -0.39 is 5.92 Å². The first kappa shape index (κ1) is 15.8. The molecule has 0 unspecified atom stereocenters. The van der Waals surface area contributed by atoms with Crippen LogP contribution in [0.15, 0.2) is 18.2 Å². The Morgan fingerprint density at radius 3 is 2.32 bits per heavy atom. The lowest BCUT2D eigenvalue weighted by atomic mass is 9.73. The molecule has 2 fully saturated rings. The average Bonchev–Trinajstić information content (AvgIpc) is 3.23. The predicted octanol–water partition coefficient (Wildman–Crippen LogP) is 4.22. The molecule has 22 heavy (non-hydrogen) atoms. The third-order valence-electron chi connectivity index (χ3n) is 5.20. The van der Waals surface area contributed by atoms with Crippen molar-refractivity contribution in [2.45, 2.75) is 57.1 Å². The highest BCUT2D eigenvalue weighted by molar-refractivity contribution is 8.00. The van der Waals surface area contributed by atoms with Gasteiger partial charge in [-0.05, 0) is 49.5 Å². The van der Waals surface area contributed by atoms with Gasteiger partial charge in [-0.3, -0.25) is 9.59 Å². The fourth-order valence-corrected chi connectivity index (χ4v) is 5.21. The number of carbonyl (C=O) groups excluding carboxylic acids is 2. The van der Waals surface area contributed by atoms with Gasteiger partial charge in [-0.2, -0.15) is 11.8 Å². The molecule has 0 amide bonds. The van der Waals surface area contributed by atoms with Gasteiger partial charge in [0.25, 0.3) is 0 Å². The molecule has 0 aromatic heterocycles. The number of hydrogen-bond acceptors (Lipinski definition) is 3. The Morgan fingerprint density at radius 2 is 1.77 bits per heavy atom. The molecule has 0 saturated heterocycles. The highest BCUT2D eigenvalue weighted by atomic mass is 32.2. The molecule has 118 valence electrons. The van der Waals surface area contributed by atoms with Crippen molar-refractivity contribution in [3.8, 4) is 0 Å². The van der Waals surface area contributed by atoms with Crippen molar-refractivity contribution in [3.63, 3.8) is 0 Å². The summed E-state index contributed by atoms with van der Waals surface area (Å²) in [6.07, 6.45) is 3.50. The van der Waals surface area contributed by atoms with Gasteiger partial charge in [-0.1, -0.05) is 30.7 Å². The van der Waals surface area contributed by atoms with Gasteiger partial charge in [-0.15, -0.1) is 0 Å². The van der Waals surface area contributed by atoms with Crippen LogP contribution in [-0.2, 0) is 9.59 Å². The Morgan fingerprint density at radius 1 is 1.14 bits per heavy atom.